The Morgan fingerprint density at radius 2 is 1.62 bits per heavy atom. The molecule has 0 spiro atoms. The number of hydrogen-bond acceptors (Lipinski definition) is 6. The zero-order valence-corrected chi connectivity index (χ0v) is 17.0. The van der Waals surface area contributed by atoms with Gasteiger partial charge in [-0.2, -0.15) is 0 Å². The van der Waals surface area contributed by atoms with Crippen molar-refractivity contribution in [1.82, 2.24) is 10.2 Å². The lowest BCUT2D eigenvalue weighted by atomic mass is 9.89. The van der Waals surface area contributed by atoms with Gasteiger partial charge in [0.1, 0.15) is 17.5 Å². The molecule has 0 radical (unpaired) electrons. The molecule has 4 rings (SSSR count). The molecule has 6 heteroatoms. The van der Waals surface area contributed by atoms with Crippen molar-refractivity contribution in [3.8, 4) is 11.5 Å². The van der Waals surface area contributed by atoms with Gasteiger partial charge in [-0.25, -0.2) is 4.99 Å². The van der Waals surface area contributed by atoms with Crippen molar-refractivity contribution in [2.45, 2.75) is 6.04 Å². The molecule has 0 fully saturated rings. The number of nitrogens with zero attached hydrogens (tertiary/aromatic N) is 2. The predicted molar refractivity (Wildman–Crippen MR) is 116 cm³/mol. The summed E-state index contributed by atoms with van der Waals surface area (Å²) in [7, 11) is 5.47. The Bertz CT molecular complexity index is 975. The monoisotopic (exact) mass is 390 g/mol. The molecule has 0 aromatic heterocycles. The van der Waals surface area contributed by atoms with E-state index in [2.05, 4.69) is 47.6 Å². The highest BCUT2D eigenvalue weighted by atomic mass is 16.5. The summed E-state index contributed by atoms with van der Waals surface area (Å²) in [4.78, 5) is 7.00. The Kier molecular flexibility index (Phi) is 5.27. The van der Waals surface area contributed by atoms with E-state index in [1.807, 2.05) is 24.3 Å². The van der Waals surface area contributed by atoms with Crippen LogP contribution in [0.1, 0.15) is 17.2 Å². The summed E-state index contributed by atoms with van der Waals surface area (Å²) in [5.41, 5.74) is 11.9. The fraction of sp³-hybridized carbons (Fsp3) is 0.261. The topological polar surface area (TPSA) is 72.1 Å². The van der Waals surface area contributed by atoms with Crippen molar-refractivity contribution in [2.75, 3.05) is 34.4 Å². The van der Waals surface area contributed by atoms with E-state index in [0.29, 0.717) is 5.96 Å². The highest BCUT2D eigenvalue weighted by Crippen LogP contribution is 2.36. The van der Waals surface area contributed by atoms with E-state index in [-0.39, 0.29) is 6.04 Å². The van der Waals surface area contributed by atoms with E-state index >= 15 is 0 Å². The molecule has 0 saturated heterocycles. The van der Waals surface area contributed by atoms with E-state index in [9.17, 15) is 0 Å². The number of rotatable bonds is 4. The second kappa shape index (κ2) is 8.01. The molecule has 150 valence electrons. The van der Waals surface area contributed by atoms with Gasteiger partial charge in [-0.3, -0.25) is 4.90 Å². The molecule has 6 nitrogen and oxygen atoms in total. The minimum atomic E-state index is -0.112. The lowest BCUT2D eigenvalue weighted by Crippen LogP contribution is -2.43. The van der Waals surface area contributed by atoms with Gasteiger partial charge in [-0.05, 0) is 59.7 Å². The lowest BCUT2D eigenvalue weighted by molar-refractivity contribution is 0.368. The Hall–Kier alpha value is -3.25. The van der Waals surface area contributed by atoms with Crippen LogP contribution in [0.3, 0.4) is 0 Å². The summed E-state index contributed by atoms with van der Waals surface area (Å²) in [6.07, 6.45) is 2.20. The van der Waals surface area contributed by atoms with E-state index < -0.39 is 0 Å². The predicted octanol–water partition coefficient (Wildman–Crippen LogP) is 2.95. The number of guanidine groups is 1. The fourth-order valence-corrected chi connectivity index (χ4v) is 3.84. The zero-order chi connectivity index (χ0) is 20.4. The molecule has 29 heavy (non-hydrogen) atoms. The van der Waals surface area contributed by atoms with Gasteiger partial charge < -0.3 is 20.5 Å². The van der Waals surface area contributed by atoms with E-state index in [0.717, 1.165) is 41.4 Å². The first-order valence-electron chi connectivity index (χ1n) is 9.58. The average Bonchev–Trinajstić information content (AvgIpc) is 2.74. The molecular weight excluding hydrogens is 364 g/mol. The molecule has 1 unspecified atom stereocenters. The SMILES string of the molecule is COc1ccc(/C=C2\CN(C)CC3=C2NC(N)=NC3c2ccc(OC)cc2)cc1. The van der Waals surface area contributed by atoms with Crippen LogP contribution in [0.25, 0.3) is 6.08 Å². The van der Waals surface area contributed by atoms with Crippen LogP contribution in [0.4, 0.5) is 0 Å². The normalized spacial score (nSPS) is 20.7. The van der Waals surface area contributed by atoms with Gasteiger partial charge in [0.05, 0.1) is 14.2 Å². The Labute approximate surface area is 171 Å². The number of nitrogens with one attached hydrogen (secondary N) is 1. The maximum absolute atomic E-state index is 6.18. The highest BCUT2D eigenvalue weighted by molar-refractivity contribution is 5.84. The summed E-state index contributed by atoms with van der Waals surface area (Å²) < 4.78 is 10.6. The van der Waals surface area contributed by atoms with E-state index in [1.165, 1.54) is 11.1 Å². The molecule has 2 aliphatic heterocycles. The third-order valence-corrected chi connectivity index (χ3v) is 5.26. The number of benzene rings is 2. The van der Waals surface area contributed by atoms with Gasteiger partial charge >= 0.3 is 0 Å². The van der Waals surface area contributed by atoms with Crippen molar-refractivity contribution < 1.29 is 9.47 Å². The Morgan fingerprint density at radius 1 is 1.00 bits per heavy atom. The number of nitrogens with two attached hydrogens (primary N) is 1. The summed E-state index contributed by atoms with van der Waals surface area (Å²) in [5.74, 6) is 2.11. The Morgan fingerprint density at radius 3 is 2.24 bits per heavy atom. The molecule has 0 bridgehead atoms. The molecule has 1 atom stereocenters. The van der Waals surface area contributed by atoms with Crippen molar-refractivity contribution in [3.05, 3.63) is 76.5 Å². The zero-order valence-electron chi connectivity index (χ0n) is 17.0. The van der Waals surface area contributed by atoms with Crippen LogP contribution in [0.15, 0.2) is 70.4 Å². The summed E-state index contributed by atoms with van der Waals surface area (Å²) >= 11 is 0. The minimum absolute atomic E-state index is 0.112. The molecule has 0 saturated carbocycles. The first kappa shape index (κ1) is 19.1. The maximum Gasteiger partial charge on any atom is 0.194 e. The number of likely N-dealkylation sites (N-methyl/N-ethyl adjacent to an activating group) is 1. The number of methoxy groups -OCH3 is 2. The Balaban J connectivity index is 1.74. The van der Waals surface area contributed by atoms with Gasteiger partial charge in [0.2, 0.25) is 0 Å². The van der Waals surface area contributed by atoms with Crippen LogP contribution in [-0.4, -0.2) is 45.2 Å². The fourth-order valence-electron chi connectivity index (χ4n) is 3.84. The quantitative estimate of drug-likeness (QED) is 0.840. The van der Waals surface area contributed by atoms with Crippen LogP contribution in [0.5, 0.6) is 11.5 Å². The number of ether oxygens (including phenoxy) is 2. The van der Waals surface area contributed by atoms with E-state index in [1.54, 1.807) is 14.2 Å². The van der Waals surface area contributed by atoms with Crippen LogP contribution in [-0.2, 0) is 0 Å². The van der Waals surface area contributed by atoms with Crippen LogP contribution in [0, 0.1) is 0 Å². The van der Waals surface area contributed by atoms with Crippen molar-refractivity contribution >= 4 is 12.0 Å². The van der Waals surface area contributed by atoms with Gasteiger partial charge in [0, 0.05) is 18.8 Å². The summed E-state index contributed by atoms with van der Waals surface area (Å²) in [5, 5.41) is 3.32. The van der Waals surface area contributed by atoms with Crippen molar-refractivity contribution in [1.29, 1.82) is 0 Å². The lowest BCUT2D eigenvalue weighted by Gasteiger charge is -2.36. The molecule has 2 aliphatic rings. The summed E-state index contributed by atoms with van der Waals surface area (Å²) in [6, 6.07) is 16.0. The molecule has 2 aromatic carbocycles. The largest absolute Gasteiger partial charge is 0.497 e. The van der Waals surface area contributed by atoms with Crippen molar-refractivity contribution in [3.63, 3.8) is 0 Å². The molecule has 0 aliphatic carbocycles. The van der Waals surface area contributed by atoms with E-state index in [4.69, 9.17) is 20.2 Å². The molecule has 0 amide bonds. The number of hydrogen-bond donors (Lipinski definition) is 2. The van der Waals surface area contributed by atoms with Gasteiger partial charge in [0.25, 0.3) is 0 Å². The van der Waals surface area contributed by atoms with Gasteiger partial charge in [0.15, 0.2) is 5.96 Å². The van der Waals surface area contributed by atoms with Gasteiger partial charge in [-0.15, -0.1) is 0 Å². The third kappa shape index (κ3) is 3.98. The molecule has 2 heterocycles. The molecule has 3 N–H and O–H groups in total. The maximum atomic E-state index is 6.18. The smallest absolute Gasteiger partial charge is 0.194 e. The standard InChI is InChI=1S/C23H26N4O2/c1-27-13-17(12-15-4-8-18(28-2)9-5-15)22-20(14-27)21(25-23(24)26-22)16-6-10-19(29-3)11-7-16/h4-12,21H,13-14H2,1-3H3,(H3,24,25,26)/b17-12+. The van der Waals surface area contributed by atoms with Crippen LogP contribution < -0.4 is 20.5 Å². The van der Waals surface area contributed by atoms with Crippen molar-refractivity contribution in [2.24, 2.45) is 10.7 Å². The van der Waals surface area contributed by atoms with Crippen LogP contribution in [0.2, 0.25) is 0 Å². The first-order valence-corrected chi connectivity index (χ1v) is 9.58. The summed E-state index contributed by atoms with van der Waals surface area (Å²) in [6.45, 7) is 1.66. The molecular formula is C23H26N4O2. The minimum Gasteiger partial charge on any atom is -0.497 e. The second-order valence-corrected chi connectivity index (χ2v) is 7.33. The highest BCUT2D eigenvalue weighted by Gasteiger charge is 2.31. The van der Waals surface area contributed by atoms with Crippen LogP contribution >= 0.6 is 0 Å². The average molecular weight is 390 g/mol. The molecule has 2 aromatic rings. The third-order valence-electron chi connectivity index (χ3n) is 5.26. The first-order chi connectivity index (χ1) is 14.1. The second-order valence-electron chi connectivity index (χ2n) is 7.33. The van der Waals surface area contributed by atoms with Gasteiger partial charge in [-0.1, -0.05) is 24.3 Å². The number of aliphatic imine (C=N–C) groups is 1.